The second-order valence-corrected chi connectivity index (χ2v) is 0. The van der Waals surface area contributed by atoms with E-state index >= 15 is 0 Å². The summed E-state index contributed by atoms with van der Waals surface area (Å²) in [6, 6.07) is 0. The fourth-order valence-electron chi connectivity index (χ4n) is 0. The molecule has 0 unspecified atom stereocenters. The van der Waals surface area contributed by atoms with Gasteiger partial charge in [-0.05, 0) is 0 Å². The van der Waals surface area contributed by atoms with Gasteiger partial charge >= 0.3 is 39.9 Å². The van der Waals surface area contributed by atoms with Crippen LogP contribution in [0.2, 0.25) is 0 Å². The quantitative estimate of drug-likeness (QED) is 0.542. The monoisotopic (exact) mass is 282 g/mol. The standard InChI is InChI=1S/H2O.2O.Th/h1H2;;;/q;2*-2;+4. The summed E-state index contributed by atoms with van der Waals surface area (Å²) in [5.74, 6) is 0. The van der Waals surface area contributed by atoms with Crippen LogP contribution >= 0.6 is 0 Å². The van der Waals surface area contributed by atoms with Gasteiger partial charge in [0, 0.05) is 0 Å². The first-order valence-corrected chi connectivity index (χ1v) is 0. The van der Waals surface area contributed by atoms with Gasteiger partial charge in [0.2, 0.25) is 0 Å². The van der Waals surface area contributed by atoms with E-state index in [0.29, 0.717) is 0 Å². The summed E-state index contributed by atoms with van der Waals surface area (Å²) in [6.07, 6.45) is 0. The van der Waals surface area contributed by atoms with Crippen molar-refractivity contribution in [1.29, 1.82) is 0 Å². The Morgan fingerprint density at radius 3 is 0.750 bits per heavy atom. The van der Waals surface area contributed by atoms with Crippen molar-refractivity contribution >= 4 is 0 Å². The van der Waals surface area contributed by atoms with Crippen LogP contribution in [0, 0.1) is 39.9 Å². The molecule has 0 atom stereocenters. The van der Waals surface area contributed by atoms with Crippen LogP contribution in [0.4, 0.5) is 0 Å². The van der Waals surface area contributed by atoms with Gasteiger partial charge in [-0.15, -0.1) is 0 Å². The van der Waals surface area contributed by atoms with Crippen molar-refractivity contribution < 1.29 is 56.4 Å². The second-order valence-electron chi connectivity index (χ2n) is 0. The Morgan fingerprint density at radius 2 is 0.750 bits per heavy atom. The average Bonchev–Trinajstić information content (AvgIpc) is 0. The number of rotatable bonds is 0. The molecule has 0 aromatic carbocycles. The summed E-state index contributed by atoms with van der Waals surface area (Å²) in [5.41, 5.74) is 0. The molecule has 2 N–H and O–H groups in total. The third kappa shape index (κ3) is 10.7. The summed E-state index contributed by atoms with van der Waals surface area (Å²) in [4.78, 5) is 0. The van der Waals surface area contributed by atoms with Crippen LogP contribution in [0.5, 0.6) is 0 Å². The summed E-state index contributed by atoms with van der Waals surface area (Å²) in [7, 11) is 0. The molecule has 0 aliphatic heterocycles. The Morgan fingerprint density at radius 1 is 0.750 bits per heavy atom. The molecule has 0 rings (SSSR count). The zero-order valence-corrected chi connectivity index (χ0v) is 5.93. The maximum absolute atomic E-state index is 0. The molecular formula is H2O3Th. The Balaban J connectivity index is 0. The van der Waals surface area contributed by atoms with Crippen molar-refractivity contribution in [2.24, 2.45) is 0 Å². The van der Waals surface area contributed by atoms with E-state index in [4.69, 9.17) is 0 Å². The molecule has 3 nitrogen and oxygen atoms in total. The van der Waals surface area contributed by atoms with Crippen molar-refractivity contribution in [3.8, 4) is 0 Å². The Bertz CT molecular complexity index is 3.25. The topological polar surface area (TPSA) is 88.5 Å². The minimum atomic E-state index is 0. The zero-order valence-electron chi connectivity index (χ0n) is 1.82. The van der Waals surface area contributed by atoms with Crippen molar-refractivity contribution in [2.75, 3.05) is 0 Å². The largest absolute Gasteiger partial charge is 4.00 e. The minimum absolute atomic E-state index is 0. The molecule has 0 aliphatic rings. The molecule has 0 saturated carbocycles. The number of hydrogen-bond donors (Lipinski definition) is 0. The van der Waals surface area contributed by atoms with Crippen molar-refractivity contribution in [1.82, 2.24) is 0 Å². The van der Waals surface area contributed by atoms with E-state index in [-0.39, 0.29) is 56.4 Å². The molecule has 0 radical (unpaired) electrons. The van der Waals surface area contributed by atoms with Gasteiger partial charge in [-0.25, -0.2) is 0 Å². The van der Waals surface area contributed by atoms with E-state index in [2.05, 4.69) is 0 Å². The molecule has 0 amide bonds. The van der Waals surface area contributed by atoms with Crippen molar-refractivity contribution in [3.05, 3.63) is 0 Å². The van der Waals surface area contributed by atoms with Gasteiger partial charge in [-0.1, -0.05) is 0 Å². The van der Waals surface area contributed by atoms with E-state index in [1.807, 2.05) is 0 Å². The molecule has 0 aromatic heterocycles. The van der Waals surface area contributed by atoms with Crippen LogP contribution in [-0.2, 0) is 11.0 Å². The van der Waals surface area contributed by atoms with Gasteiger partial charge in [0.1, 0.15) is 0 Å². The Kier molecular flexibility index (Phi) is 472. The van der Waals surface area contributed by atoms with Gasteiger partial charge in [-0.2, -0.15) is 0 Å². The molecule has 4 heteroatoms. The second kappa shape index (κ2) is 29.8. The molecule has 0 aliphatic carbocycles. The Labute approximate surface area is 56.0 Å². The van der Waals surface area contributed by atoms with Crippen LogP contribution in [0.3, 0.4) is 0 Å². The van der Waals surface area contributed by atoms with Gasteiger partial charge in [0.15, 0.2) is 0 Å². The van der Waals surface area contributed by atoms with Gasteiger partial charge < -0.3 is 16.4 Å². The molecule has 0 spiro atoms. The van der Waals surface area contributed by atoms with Crippen molar-refractivity contribution in [3.63, 3.8) is 0 Å². The summed E-state index contributed by atoms with van der Waals surface area (Å²) >= 11 is 0. The van der Waals surface area contributed by atoms with E-state index < -0.39 is 0 Å². The average molecular weight is 282 g/mol. The molecule has 4 heavy (non-hydrogen) atoms. The summed E-state index contributed by atoms with van der Waals surface area (Å²) in [5, 5.41) is 0. The molecule has 0 saturated heterocycles. The normalized spacial score (nSPS) is 0. The van der Waals surface area contributed by atoms with E-state index in [1.54, 1.807) is 0 Å². The van der Waals surface area contributed by atoms with Gasteiger partial charge in [-0.3, -0.25) is 0 Å². The first-order valence-electron chi connectivity index (χ1n) is 0. The fourth-order valence-corrected chi connectivity index (χ4v) is 0. The molecule has 0 heterocycles. The third-order valence-corrected chi connectivity index (χ3v) is 0. The fraction of sp³-hybridized carbons (Fsp3) is 0. The molecular weight excluding hydrogens is 280 g/mol. The SMILES string of the molecule is O.[O-2].[O-2].[Th+4]. The van der Waals surface area contributed by atoms with Crippen LogP contribution in [-0.4, -0.2) is 5.48 Å². The van der Waals surface area contributed by atoms with Crippen LogP contribution in [0.15, 0.2) is 0 Å². The minimum Gasteiger partial charge on any atom is -2.00 e. The first-order chi connectivity index (χ1) is 0. The van der Waals surface area contributed by atoms with Crippen LogP contribution in [0.1, 0.15) is 0 Å². The third-order valence-electron chi connectivity index (χ3n) is 0. The van der Waals surface area contributed by atoms with E-state index in [9.17, 15) is 0 Å². The van der Waals surface area contributed by atoms with Crippen LogP contribution in [0.25, 0.3) is 0 Å². The zero-order chi connectivity index (χ0) is 0. The molecule has 0 aromatic rings. The maximum Gasteiger partial charge on any atom is 4.00 e. The smallest absolute Gasteiger partial charge is 2.00 e. The summed E-state index contributed by atoms with van der Waals surface area (Å²) < 4.78 is 0. The van der Waals surface area contributed by atoms with Crippen LogP contribution < -0.4 is 0 Å². The Hall–Kier alpha value is 1.20. The predicted octanol–water partition coefficient (Wildman–Crippen LogP) is -1.06. The molecule has 24 valence electrons. The molecule has 0 fully saturated rings. The maximum atomic E-state index is 0. The van der Waals surface area contributed by atoms with Gasteiger partial charge in [0.25, 0.3) is 0 Å². The first kappa shape index (κ1) is 63.4. The number of hydrogen-bond acceptors (Lipinski definition) is 0. The predicted molar refractivity (Wildman–Crippen MR) is 4.99 cm³/mol. The van der Waals surface area contributed by atoms with E-state index in [1.165, 1.54) is 0 Å². The van der Waals surface area contributed by atoms with Crippen molar-refractivity contribution in [2.45, 2.75) is 0 Å². The molecule has 0 bridgehead atoms. The van der Waals surface area contributed by atoms with Gasteiger partial charge in [0.05, 0.1) is 0 Å². The van der Waals surface area contributed by atoms with E-state index in [0.717, 1.165) is 0 Å². The summed E-state index contributed by atoms with van der Waals surface area (Å²) in [6.45, 7) is 0.